The van der Waals surface area contributed by atoms with Gasteiger partial charge in [0.05, 0.1) is 18.9 Å². The van der Waals surface area contributed by atoms with Gasteiger partial charge >= 0.3 is 0 Å². The minimum atomic E-state index is -0.0964. The highest BCUT2D eigenvalue weighted by atomic mass is 16.5. The highest BCUT2D eigenvalue weighted by molar-refractivity contribution is 5.84. The van der Waals surface area contributed by atoms with Crippen molar-refractivity contribution < 1.29 is 14.1 Å². The van der Waals surface area contributed by atoms with E-state index >= 15 is 0 Å². The van der Waals surface area contributed by atoms with Crippen LogP contribution in [0.4, 0.5) is 0 Å². The van der Waals surface area contributed by atoms with Crippen LogP contribution in [0.15, 0.2) is 59.1 Å². The average molecular weight is 391 g/mol. The normalized spacial score (nSPS) is 15.0. The number of carbonyl (C=O) groups excluding carboxylic acids is 1. The van der Waals surface area contributed by atoms with Crippen molar-refractivity contribution in [1.29, 1.82) is 0 Å². The first kappa shape index (κ1) is 19.2. The molecule has 2 aromatic carbocycles. The van der Waals surface area contributed by atoms with Gasteiger partial charge < -0.3 is 14.2 Å². The molecule has 0 radical (unpaired) electrons. The van der Waals surface area contributed by atoms with Crippen LogP contribution in [0.3, 0.4) is 0 Å². The smallest absolute Gasteiger partial charge is 0.233 e. The van der Waals surface area contributed by atoms with Gasteiger partial charge in [-0.15, -0.1) is 0 Å². The summed E-state index contributed by atoms with van der Waals surface area (Å²) in [5.41, 5.74) is 2.08. The van der Waals surface area contributed by atoms with Crippen molar-refractivity contribution in [2.75, 3.05) is 20.2 Å². The molecule has 1 fully saturated rings. The molecule has 1 aliphatic rings. The summed E-state index contributed by atoms with van der Waals surface area (Å²) in [6, 6.07) is 17.8. The molecule has 0 saturated carbocycles. The van der Waals surface area contributed by atoms with Crippen LogP contribution in [0, 0.1) is 0 Å². The number of rotatable bonds is 7. The number of amides is 1. The number of para-hydroxylation sites is 1. The molecule has 0 unspecified atom stereocenters. The third kappa shape index (κ3) is 4.01. The molecule has 1 saturated heterocycles. The Kier molecular flexibility index (Phi) is 5.60. The summed E-state index contributed by atoms with van der Waals surface area (Å²) in [5, 5.41) is 4.11. The minimum Gasteiger partial charge on any atom is -0.496 e. The Morgan fingerprint density at radius 2 is 1.90 bits per heavy atom. The zero-order valence-corrected chi connectivity index (χ0v) is 16.7. The number of likely N-dealkylation sites (tertiary alicyclic amines) is 1. The standard InChI is InChI=1S/C23H25N3O3/c1-3-19(16-9-5-4-6-10-16)23(27)26-14-18(15-26)22-24-21(25-29-22)13-17-11-7-8-12-20(17)28-2/h4-12,18-19H,3,13-15H2,1-2H3/t19-/m1/s1. The Bertz CT molecular complexity index is 964. The van der Waals surface area contributed by atoms with Crippen molar-refractivity contribution in [1.82, 2.24) is 15.0 Å². The van der Waals surface area contributed by atoms with Gasteiger partial charge in [0.2, 0.25) is 11.8 Å². The zero-order chi connectivity index (χ0) is 20.2. The lowest BCUT2D eigenvalue weighted by Gasteiger charge is -2.39. The van der Waals surface area contributed by atoms with E-state index in [0.717, 1.165) is 23.3 Å². The number of nitrogens with zero attached hydrogens (tertiary/aromatic N) is 3. The maximum Gasteiger partial charge on any atom is 0.233 e. The highest BCUT2D eigenvalue weighted by Crippen LogP contribution is 2.31. The number of aromatic nitrogens is 2. The molecule has 6 nitrogen and oxygen atoms in total. The lowest BCUT2D eigenvalue weighted by atomic mass is 9.91. The van der Waals surface area contributed by atoms with E-state index in [1.165, 1.54) is 0 Å². The summed E-state index contributed by atoms with van der Waals surface area (Å²) in [4.78, 5) is 19.3. The minimum absolute atomic E-state index is 0.0964. The number of hydrogen-bond donors (Lipinski definition) is 0. The van der Waals surface area contributed by atoms with Crippen LogP contribution in [-0.4, -0.2) is 41.1 Å². The molecule has 6 heteroatoms. The first-order valence-corrected chi connectivity index (χ1v) is 9.97. The molecule has 4 rings (SSSR count). The first-order chi connectivity index (χ1) is 14.2. The molecule has 1 atom stereocenters. The lowest BCUT2D eigenvalue weighted by Crippen LogP contribution is -2.50. The second-order valence-electron chi connectivity index (χ2n) is 7.35. The van der Waals surface area contributed by atoms with Crippen molar-refractivity contribution in [2.24, 2.45) is 0 Å². The fraction of sp³-hybridized carbons (Fsp3) is 0.348. The van der Waals surface area contributed by atoms with Gasteiger partial charge in [-0.1, -0.05) is 60.6 Å². The molecule has 150 valence electrons. The van der Waals surface area contributed by atoms with Crippen molar-refractivity contribution in [3.8, 4) is 5.75 Å². The van der Waals surface area contributed by atoms with E-state index in [0.29, 0.717) is 31.2 Å². The second-order valence-corrected chi connectivity index (χ2v) is 7.35. The van der Waals surface area contributed by atoms with Crippen molar-refractivity contribution in [3.63, 3.8) is 0 Å². The molecule has 3 aromatic rings. The van der Waals surface area contributed by atoms with Gasteiger partial charge in [-0.05, 0) is 18.1 Å². The van der Waals surface area contributed by atoms with Crippen LogP contribution in [0.25, 0.3) is 0 Å². The molecule has 1 amide bonds. The number of hydrogen-bond acceptors (Lipinski definition) is 5. The average Bonchev–Trinajstić information content (AvgIpc) is 3.16. The maximum atomic E-state index is 12.9. The largest absolute Gasteiger partial charge is 0.496 e. The topological polar surface area (TPSA) is 68.5 Å². The number of benzene rings is 2. The zero-order valence-electron chi connectivity index (χ0n) is 16.7. The Hall–Kier alpha value is -3.15. The molecule has 0 aliphatic carbocycles. The van der Waals surface area contributed by atoms with Crippen LogP contribution >= 0.6 is 0 Å². The summed E-state index contributed by atoms with van der Waals surface area (Å²) in [6.45, 7) is 3.30. The van der Waals surface area contributed by atoms with Crippen LogP contribution < -0.4 is 4.74 Å². The van der Waals surface area contributed by atoms with E-state index < -0.39 is 0 Å². The van der Waals surface area contributed by atoms with Crippen LogP contribution in [0.5, 0.6) is 5.75 Å². The van der Waals surface area contributed by atoms with Gasteiger partial charge in [0.25, 0.3) is 0 Å². The van der Waals surface area contributed by atoms with E-state index in [1.807, 2.05) is 59.5 Å². The van der Waals surface area contributed by atoms with Gasteiger partial charge in [-0.3, -0.25) is 4.79 Å². The molecule has 1 aliphatic heterocycles. The third-order valence-electron chi connectivity index (χ3n) is 5.48. The summed E-state index contributed by atoms with van der Waals surface area (Å²) < 4.78 is 10.9. The predicted octanol–water partition coefficient (Wildman–Crippen LogP) is 3.79. The number of carbonyl (C=O) groups is 1. The van der Waals surface area contributed by atoms with Crippen molar-refractivity contribution in [2.45, 2.75) is 31.6 Å². The SMILES string of the molecule is CC[C@@H](C(=O)N1CC(c2nc(Cc3ccccc3OC)no2)C1)c1ccccc1. The summed E-state index contributed by atoms with van der Waals surface area (Å²) >= 11 is 0. The molecular formula is C23H25N3O3. The van der Waals surface area contributed by atoms with Crippen LogP contribution in [-0.2, 0) is 11.2 Å². The maximum absolute atomic E-state index is 12.9. The van der Waals surface area contributed by atoms with Crippen LogP contribution in [0.2, 0.25) is 0 Å². The molecule has 2 heterocycles. The number of methoxy groups -OCH3 is 1. The monoisotopic (exact) mass is 391 g/mol. The predicted molar refractivity (Wildman–Crippen MR) is 109 cm³/mol. The van der Waals surface area contributed by atoms with Gasteiger partial charge in [-0.2, -0.15) is 4.98 Å². The fourth-order valence-electron chi connectivity index (χ4n) is 3.80. The quantitative estimate of drug-likeness (QED) is 0.613. The van der Waals surface area contributed by atoms with Crippen LogP contribution in [0.1, 0.15) is 48.0 Å². The first-order valence-electron chi connectivity index (χ1n) is 9.97. The highest BCUT2D eigenvalue weighted by Gasteiger charge is 2.38. The van der Waals surface area contributed by atoms with E-state index in [9.17, 15) is 4.79 Å². The van der Waals surface area contributed by atoms with E-state index in [4.69, 9.17) is 9.26 Å². The molecule has 29 heavy (non-hydrogen) atoms. The molecule has 0 spiro atoms. The fourth-order valence-corrected chi connectivity index (χ4v) is 3.80. The molecular weight excluding hydrogens is 366 g/mol. The van der Waals surface area contributed by atoms with E-state index in [2.05, 4.69) is 17.1 Å². The Balaban J connectivity index is 1.37. The van der Waals surface area contributed by atoms with E-state index in [-0.39, 0.29) is 17.7 Å². The van der Waals surface area contributed by atoms with Crippen molar-refractivity contribution >= 4 is 5.91 Å². The summed E-state index contributed by atoms with van der Waals surface area (Å²) in [6.07, 6.45) is 1.34. The van der Waals surface area contributed by atoms with Crippen molar-refractivity contribution in [3.05, 3.63) is 77.4 Å². The second kappa shape index (κ2) is 8.47. The van der Waals surface area contributed by atoms with E-state index in [1.54, 1.807) is 7.11 Å². The van der Waals surface area contributed by atoms with Gasteiger partial charge in [0.1, 0.15) is 5.75 Å². The molecule has 0 bridgehead atoms. The van der Waals surface area contributed by atoms with Gasteiger partial charge in [0.15, 0.2) is 5.82 Å². The summed E-state index contributed by atoms with van der Waals surface area (Å²) in [5.74, 6) is 2.22. The van der Waals surface area contributed by atoms with Gasteiger partial charge in [-0.25, -0.2) is 0 Å². The number of ether oxygens (including phenoxy) is 1. The summed E-state index contributed by atoms with van der Waals surface area (Å²) in [7, 11) is 1.65. The van der Waals surface area contributed by atoms with Gasteiger partial charge in [0, 0.05) is 25.1 Å². The third-order valence-corrected chi connectivity index (χ3v) is 5.48. The Labute approximate surface area is 170 Å². The molecule has 1 aromatic heterocycles. The lowest BCUT2D eigenvalue weighted by molar-refractivity contribution is -0.137. The molecule has 0 N–H and O–H groups in total. The Morgan fingerprint density at radius 3 is 2.62 bits per heavy atom. The Morgan fingerprint density at radius 1 is 1.17 bits per heavy atom.